The number of hydrogen-bond acceptors (Lipinski definition) is 3. The maximum absolute atomic E-state index is 11.5. The molecule has 0 aliphatic heterocycles. The third kappa shape index (κ3) is 2.25. The Bertz CT molecular complexity index is 653. The van der Waals surface area contributed by atoms with E-state index in [2.05, 4.69) is 4.98 Å². The highest BCUT2D eigenvalue weighted by atomic mass is 16.5. The van der Waals surface area contributed by atoms with Crippen molar-refractivity contribution in [3.63, 3.8) is 0 Å². The number of nitriles is 1. The minimum atomic E-state index is -0.592. The Morgan fingerprint density at radius 2 is 2.33 bits per heavy atom. The van der Waals surface area contributed by atoms with E-state index in [1.54, 1.807) is 13.1 Å². The second-order valence-corrected chi connectivity index (χ2v) is 3.68. The molecule has 0 aliphatic carbocycles. The van der Waals surface area contributed by atoms with Gasteiger partial charge in [-0.3, -0.25) is 0 Å². The number of aromatic amines is 1. The molecule has 0 spiro atoms. The smallest absolute Gasteiger partial charge is 0.348 e. The number of esters is 1. The molecule has 0 radical (unpaired) electrons. The van der Waals surface area contributed by atoms with Gasteiger partial charge in [-0.25, -0.2) is 4.79 Å². The minimum Gasteiger partial charge on any atom is -0.462 e. The van der Waals surface area contributed by atoms with Crippen molar-refractivity contribution in [2.24, 2.45) is 0 Å². The number of hydrogen-bond donors (Lipinski definition) is 1. The Balaban J connectivity index is 0.00000180. The maximum atomic E-state index is 11.5. The van der Waals surface area contributed by atoms with Gasteiger partial charge in [-0.2, -0.15) is 5.26 Å². The van der Waals surface area contributed by atoms with Gasteiger partial charge in [0.2, 0.25) is 0 Å². The Morgan fingerprint density at radius 3 is 3.06 bits per heavy atom. The molecule has 0 saturated carbocycles. The lowest BCUT2D eigenvalue weighted by Gasteiger charge is -1.98. The molecule has 0 bridgehead atoms. The van der Waals surface area contributed by atoms with Gasteiger partial charge >= 0.3 is 5.97 Å². The van der Waals surface area contributed by atoms with E-state index < -0.39 is 5.97 Å². The number of carbonyl (C=O) groups excluding carboxylic acids is 1. The standard InChI is InChI=1S/C14H12N2O2.H2/c1-2-18-14(17)10(8-15)7-11-9-16-13-6-4-3-5-12(11)13;/h3-7,9,16H,2H2,1H3;1H/b10-7+;. The average molecular weight is 242 g/mol. The number of para-hydroxylation sites is 1. The first kappa shape index (κ1) is 11.9. The second kappa shape index (κ2) is 5.19. The number of ether oxygens (including phenoxy) is 1. The molecule has 4 nitrogen and oxygen atoms in total. The summed E-state index contributed by atoms with van der Waals surface area (Å²) in [5, 5.41) is 9.93. The first-order valence-electron chi connectivity index (χ1n) is 5.61. The normalized spacial score (nSPS) is 11.2. The van der Waals surface area contributed by atoms with E-state index in [1.165, 1.54) is 6.08 Å². The Morgan fingerprint density at radius 1 is 1.56 bits per heavy atom. The van der Waals surface area contributed by atoms with Crippen LogP contribution >= 0.6 is 0 Å². The summed E-state index contributed by atoms with van der Waals surface area (Å²) in [6, 6.07) is 9.55. The van der Waals surface area contributed by atoms with Crippen molar-refractivity contribution >= 4 is 22.9 Å². The summed E-state index contributed by atoms with van der Waals surface area (Å²) < 4.78 is 4.82. The van der Waals surface area contributed by atoms with Gasteiger partial charge < -0.3 is 9.72 Å². The molecule has 0 amide bonds. The summed E-state index contributed by atoms with van der Waals surface area (Å²) >= 11 is 0. The van der Waals surface area contributed by atoms with E-state index in [-0.39, 0.29) is 13.6 Å². The molecule has 1 aromatic carbocycles. The van der Waals surface area contributed by atoms with Crippen LogP contribution in [0.3, 0.4) is 0 Å². The van der Waals surface area contributed by atoms with Crippen LogP contribution in [0.5, 0.6) is 0 Å². The third-order valence-corrected chi connectivity index (χ3v) is 2.54. The van der Waals surface area contributed by atoms with E-state index in [1.807, 2.05) is 30.3 Å². The fourth-order valence-corrected chi connectivity index (χ4v) is 1.71. The Hall–Kier alpha value is -2.54. The molecule has 1 aromatic heterocycles. The zero-order valence-electron chi connectivity index (χ0n) is 9.93. The predicted molar refractivity (Wildman–Crippen MR) is 70.6 cm³/mol. The van der Waals surface area contributed by atoms with Gasteiger partial charge in [-0.05, 0) is 19.1 Å². The molecule has 0 saturated heterocycles. The van der Waals surface area contributed by atoms with Crippen LogP contribution in [0.1, 0.15) is 13.9 Å². The van der Waals surface area contributed by atoms with E-state index in [0.717, 1.165) is 16.5 Å². The summed E-state index contributed by atoms with van der Waals surface area (Å²) in [4.78, 5) is 14.6. The van der Waals surface area contributed by atoms with Crippen LogP contribution in [0.4, 0.5) is 0 Å². The van der Waals surface area contributed by atoms with E-state index >= 15 is 0 Å². The fraction of sp³-hybridized carbons (Fsp3) is 0.143. The minimum absolute atomic E-state index is 0. The third-order valence-electron chi connectivity index (χ3n) is 2.54. The monoisotopic (exact) mass is 242 g/mol. The summed E-state index contributed by atoms with van der Waals surface area (Å²) in [7, 11) is 0. The molecule has 2 rings (SSSR count). The summed E-state index contributed by atoms with van der Waals surface area (Å²) in [6.45, 7) is 1.96. The van der Waals surface area contributed by atoms with Gasteiger partial charge in [0.15, 0.2) is 0 Å². The van der Waals surface area contributed by atoms with Crippen LogP contribution in [0.15, 0.2) is 36.0 Å². The quantitative estimate of drug-likeness (QED) is 0.511. The molecule has 1 heterocycles. The fourth-order valence-electron chi connectivity index (χ4n) is 1.71. The molecule has 18 heavy (non-hydrogen) atoms. The van der Waals surface area contributed by atoms with Gasteiger partial charge in [-0.1, -0.05) is 18.2 Å². The summed E-state index contributed by atoms with van der Waals surface area (Å²) in [5.41, 5.74) is 1.77. The number of nitrogens with one attached hydrogen (secondary N) is 1. The van der Waals surface area contributed by atoms with Crippen molar-refractivity contribution < 1.29 is 11.0 Å². The second-order valence-electron chi connectivity index (χ2n) is 3.68. The van der Waals surface area contributed by atoms with Gasteiger partial charge in [-0.15, -0.1) is 0 Å². The van der Waals surface area contributed by atoms with Crippen molar-refractivity contribution in [1.82, 2.24) is 4.98 Å². The van der Waals surface area contributed by atoms with Crippen LogP contribution in [0.25, 0.3) is 17.0 Å². The number of nitrogens with zero attached hydrogens (tertiary/aromatic N) is 1. The van der Waals surface area contributed by atoms with Crippen molar-refractivity contribution in [1.29, 1.82) is 5.26 Å². The molecule has 2 aromatic rings. The SMILES string of the molecule is CCOC(=O)/C(C#N)=C/c1c[nH]c2ccccc12.[HH]. The molecular weight excluding hydrogens is 228 g/mol. The summed E-state index contributed by atoms with van der Waals surface area (Å²) in [5.74, 6) is -0.592. The highest BCUT2D eigenvalue weighted by molar-refractivity contribution is 6.01. The molecule has 1 N–H and O–H groups in total. The number of rotatable bonds is 3. The number of aromatic nitrogens is 1. The molecule has 4 heteroatoms. The largest absolute Gasteiger partial charge is 0.462 e. The number of fused-ring (bicyclic) bond motifs is 1. The predicted octanol–water partition coefficient (Wildman–Crippen LogP) is 2.88. The van der Waals surface area contributed by atoms with Crippen LogP contribution in [-0.2, 0) is 9.53 Å². The van der Waals surface area contributed by atoms with Gasteiger partial charge in [0, 0.05) is 24.1 Å². The lowest BCUT2D eigenvalue weighted by atomic mass is 10.1. The molecular formula is C14H14N2O2. The molecule has 0 atom stereocenters. The van der Waals surface area contributed by atoms with Crippen LogP contribution in [0.2, 0.25) is 0 Å². The number of H-pyrrole nitrogens is 1. The molecule has 0 aliphatic rings. The maximum Gasteiger partial charge on any atom is 0.348 e. The summed E-state index contributed by atoms with van der Waals surface area (Å²) in [6.07, 6.45) is 3.30. The van der Waals surface area contributed by atoms with E-state index in [4.69, 9.17) is 10.00 Å². The van der Waals surface area contributed by atoms with Crippen LogP contribution in [-0.4, -0.2) is 17.6 Å². The van der Waals surface area contributed by atoms with Crippen molar-refractivity contribution in [3.05, 3.63) is 41.6 Å². The molecule has 0 fully saturated rings. The lowest BCUT2D eigenvalue weighted by molar-refractivity contribution is -0.137. The van der Waals surface area contributed by atoms with Crippen molar-refractivity contribution in [2.75, 3.05) is 6.61 Å². The Labute approximate surface area is 106 Å². The van der Waals surface area contributed by atoms with Gasteiger partial charge in [0.25, 0.3) is 0 Å². The van der Waals surface area contributed by atoms with Gasteiger partial charge in [0.05, 0.1) is 6.61 Å². The molecule has 0 unspecified atom stereocenters. The first-order valence-corrected chi connectivity index (χ1v) is 5.61. The van der Waals surface area contributed by atoms with Crippen LogP contribution < -0.4 is 0 Å². The van der Waals surface area contributed by atoms with Crippen molar-refractivity contribution in [3.8, 4) is 6.07 Å². The Kier molecular flexibility index (Phi) is 3.44. The van der Waals surface area contributed by atoms with Crippen LogP contribution in [0, 0.1) is 11.3 Å². The molecule has 92 valence electrons. The highest BCUT2D eigenvalue weighted by Crippen LogP contribution is 2.20. The van der Waals surface area contributed by atoms with Gasteiger partial charge in [0.1, 0.15) is 11.6 Å². The highest BCUT2D eigenvalue weighted by Gasteiger charge is 2.11. The zero-order chi connectivity index (χ0) is 13.0. The number of benzene rings is 1. The lowest BCUT2D eigenvalue weighted by Crippen LogP contribution is -2.05. The average Bonchev–Trinajstić information content (AvgIpc) is 2.79. The van der Waals surface area contributed by atoms with E-state index in [9.17, 15) is 4.79 Å². The topological polar surface area (TPSA) is 65.9 Å². The van der Waals surface area contributed by atoms with Crippen molar-refractivity contribution in [2.45, 2.75) is 6.92 Å². The zero-order valence-corrected chi connectivity index (χ0v) is 9.93. The first-order chi connectivity index (χ1) is 8.76. The van der Waals surface area contributed by atoms with E-state index in [0.29, 0.717) is 0 Å². The number of carbonyl (C=O) groups is 1.